The third-order valence-corrected chi connectivity index (χ3v) is 17.1. The molecule has 30 heteroatoms. The molecule has 0 amide bonds. The van der Waals surface area contributed by atoms with E-state index in [1.165, 1.54) is 60.7 Å². The van der Waals surface area contributed by atoms with Crippen LogP contribution >= 0.6 is 0 Å². The van der Waals surface area contributed by atoms with E-state index in [9.17, 15) is 62.1 Å². The SMILES string of the molecule is CC(C)(C)c1cc(N=c2[nH]c(Nc3ccc(S(=O)(=O)O)cc3)nc(=Nc3ccc(/C=C/c4ccc(N=c5nc(Nc6ccc(S(=O)(=O)O)cc6)[nH]c(=Nc6cc(C(C)(C)C)c(O)c(C(C)(C)C)c6)[nH]5)cc4S(=O)(=O)O)c(S(=O)(=O)O)c3)[nH]2)cc(C(C)(C)C)c1O. The first kappa shape index (κ1) is 67.1. The number of H-pyrrole nitrogens is 4. The molecule has 2 heterocycles. The van der Waals surface area contributed by atoms with Crippen molar-refractivity contribution in [3.63, 3.8) is 0 Å². The number of benzene rings is 6. The third-order valence-electron chi connectivity index (χ3n) is 13.6. The highest BCUT2D eigenvalue weighted by Gasteiger charge is 2.29. The molecule has 0 atom stereocenters. The average molecular weight is 1310 g/mol. The van der Waals surface area contributed by atoms with Crippen LogP contribution in [-0.4, -0.2) is 92.0 Å². The highest BCUT2D eigenvalue weighted by atomic mass is 32.2. The molecule has 2 aromatic heterocycles. The lowest BCUT2D eigenvalue weighted by Crippen LogP contribution is -2.28. The molecular formula is C60H68N12O14S4. The number of nitrogens with one attached hydrogen (secondary N) is 6. The van der Waals surface area contributed by atoms with Gasteiger partial charge in [0.05, 0.1) is 32.5 Å². The molecule has 8 rings (SSSR count). The summed E-state index contributed by atoms with van der Waals surface area (Å²) in [6.07, 6.45) is 2.35. The second kappa shape index (κ2) is 24.5. The van der Waals surface area contributed by atoms with Crippen LogP contribution in [0.25, 0.3) is 12.2 Å². The summed E-state index contributed by atoms with van der Waals surface area (Å²) in [6.45, 7) is 23.2. The molecule has 0 saturated heterocycles. The van der Waals surface area contributed by atoms with Crippen LogP contribution in [0.4, 0.5) is 46.0 Å². The summed E-state index contributed by atoms with van der Waals surface area (Å²) in [5.41, 5.74) is 0.970. The molecule has 0 unspecified atom stereocenters. The summed E-state index contributed by atoms with van der Waals surface area (Å²) in [6, 6.07) is 24.2. The molecular weight excluding hydrogens is 1240 g/mol. The highest BCUT2D eigenvalue weighted by molar-refractivity contribution is 7.86. The molecule has 12 N–H and O–H groups in total. The van der Waals surface area contributed by atoms with Gasteiger partial charge in [-0.1, -0.05) is 107 Å². The molecule has 90 heavy (non-hydrogen) atoms. The number of hydrogen-bond acceptors (Lipinski definition) is 18. The van der Waals surface area contributed by atoms with E-state index in [1.54, 1.807) is 24.3 Å². The largest absolute Gasteiger partial charge is 0.507 e. The smallest absolute Gasteiger partial charge is 0.295 e. The van der Waals surface area contributed by atoms with Crippen molar-refractivity contribution in [2.45, 2.75) is 124 Å². The van der Waals surface area contributed by atoms with Gasteiger partial charge in [0, 0.05) is 33.6 Å². The Morgan fingerprint density at radius 1 is 0.389 bits per heavy atom. The standard InChI is InChI=1S/C60H68N12O14S4/c1-57(2,3)43-27-39(28-44(49(43)73)58(4,5)6)65-55-69-51(61-35-19-23-41(24-20-35)87(75,76)77)67-53(71-55)63-37-17-15-33(47(31-37)89(81,82)83)13-14-34-16-18-38(32-48(34)90(84,85)86)64-54-68-52(62-36-21-25-42(26-22-36)88(78,79)80)70-56(72-54)66-40-29-45(59(7,8)9)50(74)46(30-40)60(10,11)12/h13-32,73-74H,1-12H3,(H,75,76,77)(H,78,79,80)(H,81,82,83)(H,84,85,86)(H3,61,63,65,67,69,71)(H3,62,64,66,68,70,72)/b14-13+. The number of rotatable bonds is 14. The number of phenolic OH excluding ortho intramolecular Hbond substituents is 2. The van der Waals surface area contributed by atoms with Crippen LogP contribution in [0.3, 0.4) is 0 Å². The zero-order chi connectivity index (χ0) is 66.5. The average Bonchev–Trinajstić information content (AvgIpc) is 0.871. The Balaban J connectivity index is 1.22. The van der Waals surface area contributed by atoms with E-state index in [0.717, 1.165) is 36.4 Å². The predicted octanol–water partition coefficient (Wildman–Crippen LogP) is 9.96. The molecule has 0 radical (unpaired) electrons. The first-order chi connectivity index (χ1) is 41.4. The number of anilines is 4. The maximum absolute atomic E-state index is 13.1. The van der Waals surface area contributed by atoms with Gasteiger partial charge in [-0.3, -0.25) is 38.1 Å². The molecule has 8 aromatic rings. The second-order valence-electron chi connectivity index (χ2n) is 25.0. The quantitative estimate of drug-likeness (QED) is 0.0356. The topological polar surface area (TPSA) is 420 Å². The normalized spacial score (nSPS) is 14.0. The van der Waals surface area contributed by atoms with Gasteiger partial charge >= 0.3 is 0 Å². The summed E-state index contributed by atoms with van der Waals surface area (Å²) in [4.78, 5) is 37.4. The first-order valence-corrected chi connectivity index (χ1v) is 33.1. The molecule has 0 bridgehead atoms. The van der Waals surface area contributed by atoms with Crippen LogP contribution in [0.2, 0.25) is 0 Å². The van der Waals surface area contributed by atoms with Crippen LogP contribution < -0.4 is 33.1 Å². The molecule has 0 spiro atoms. The van der Waals surface area contributed by atoms with Crippen LogP contribution in [0.1, 0.15) is 116 Å². The van der Waals surface area contributed by atoms with Gasteiger partial charge in [0.1, 0.15) is 21.3 Å². The van der Waals surface area contributed by atoms with E-state index >= 15 is 0 Å². The van der Waals surface area contributed by atoms with Gasteiger partial charge in [0.25, 0.3) is 40.5 Å². The van der Waals surface area contributed by atoms with Gasteiger partial charge in [0.15, 0.2) is 0 Å². The highest BCUT2D eigenvalue weighted by Crippen LogP contribution is 2.43. The maximum Gasteiger partial charge on any atom is 0.295 e. The maximum atomic E-state index is 13.1. The van der Waals surface area contributed by atoms with Gasteiger partial charge < -0.3 is 20.8 Å². The Hall–Kier alpha value is -8.88. The predicted molar refractivity (Wildman–Crippen MR) is 338 cm³/mol. The summed E-state index contributed by atoms with van der Waals surface area (Å²) in [5, 5.41) is 28.8. The van der Waals surface area contributed by atoms with Crippen molar-refractivity contribution in [1.29, 1.82) is 0 Å². The summed E-state index contributed by atoms with van der Waals surface area (Å²) < 4.78 is 140. The van der Waals surface area contributed by atoms with Gasteiger partial charge in [-0.2, -0.15) is 43.6 Å². The van der Waals surface area contributed by atoms with Gasteiger partial charge in [-0.25, -0.2) is 20.0 Å². The lowest BCUT2D eigenvalue weighted by atomic mass is 9.79. The number of aromatic nitrogens is 6. The molecule has 0 fully saturated rings. The molecule has 476 valence electrons. The van der Waals surface area contributed by atoms with Crippen LogP contribution in [0, 0.1) is 0 Å². The Labute approximate surface area is 519 Å². The molecule has 0 saturated carbocycles. The molecule has 0 aliphatic rings. The zero-order valence-corrected chi connectivity index (χ0v) is 54.1. The van der Waals surface area contributed by atoms with Crippen molar-refractivity contribution in [1.82, 2.24) is 29.9 Å². The van der Waals surface area contributed by atoms with E-state index in [1.807, 2.05) is 83.1 Å². The van der Waals surface area contributed by atoms with Gasteiger partial charge in [0.2, 0.25) is 34.4 Å². The molecule has 0 aliphatic carbocycles. The van der Waals surface area contributed by atoms with Crippen LogP contribution in [0.5, 0.6) is 11.5 Å². The zero-order valence-electron chi connectivity index (χ0n) is 50.8. The Kier molecular flexibility index (Phi) is 18.2. The van der Waals surface area contributed by atoms with Crippen molar-refractivity contribution in [2.75, 3.05) is 10.6 Å². The van der Waals surface area contributed by atoms with E-state index < -0.39 is 71.9 Å². The van der Waals surface area contributed by atoms with Crippen molar-refractivity contribution in [2.24, 2.45) is 20.0 Å². The van der Waals surface area contributed by atoms with Gasteiger partial charge in [-0.05, 0) is 130 Å². The molecule has 26 nitrogen and oxygen atoms in total. The summed E-state index contributed by atoms with van der Waals surface area (Å²) in [7, 11) is -19.2. The molecule has 6 aromatic carbocycles. The minimum Gasteiger partial charge on any atom is -0.507 e. The summed E-state index contributed by atoms with van der Waals surface area (Å²) in [5.74, 6) is 0.187. The monoisotopic (exact) mass is 1310 g/mol. The number of phenols is 2. The Morgan fingerprint density at radius 3 is 0.956 bits per heavy atom. The fourth-order valence-electron chi connectivity index (χ4n) is 9.10. The summed E-state index contributed by atoms with van der Waals surface area (Å²) >= 11 is 0. The van der Waals surface area contributed by atoms with Crippen molar-refractivity contribution >= 4 is 98.6 Å². The minimum atomic E-state index is -5.07. The number of hydrogen-bond donors (Lipinski definition) is 12. The minimum absolute atomic E-state index is 0.0160. The van der Waals surface area contributed by atoms with Crippen LogP contribution in [-0.2, 0) is 62.1 Å². The number of nitrogens with zero attached hydrogens (tertiary/aromatic N) is 6. The van der Waals surface area contributed by atoms with Crippen molar-refractivity contribution < 1.29 is 62.1 Å². The van der Waals surface area contributed by atoms with E-state index in [4.69, 9.17) is 9.98 Å². The fraction of sp³-hybridized carbons (Fsp3) is 0.267. The Morgan fingerprint density at radius 2 is 0.689 bits per heavy atom. The van der Waals surface area contributed by atoms with E-state index in [-0.39, 0.29) is 78.2 Å². The van der Waals surface area contributed by atoms with E-state index in [0.29, 0.717) is 45.0 Å². The first-order valence-electron chi connectivity index (χ1n) is 27.3. The number of aromatic hydroxyl groups is 2. The van der Waals surface area contributed by atoms with Crippen molar-refractivity contribution in [3.8, 4) is 11.5 Å². The van der Waals surface area contributed by atoms with Crippen molar-refractivity contribution in [3.05, 3.63) is 165 Å². The lowest BCUT2D eigenvalue weighted by molar-refractivity contribution is 0.422. The third kappa shape index (κ3) is 16.7. The molecule has 0 aliphatic heterocycles. The van der Waals surface area contributed by atoms with Crippen LogP contribution in [0.15, 0.2) is 149 Å². The number of aromatic amines is 4. The second-order valence-corrected chi connectivity index (χ2v) is 30.6. The van der Waals surface area contributed by atoms with Gasteiger partial charge in [-0.15, -0.1) is 0 Å². The fourth-order valence-corrected chi connectivity index (χ4v) is 11.5. The Bertz CT molecular complexity index is 4570. The lowest BCUT2D eigenvalue weighted by Gasteiger charge is -2.27. The van der Waals surface area contributed by atoms with E-state index in [2.05, 4.69) is 50.5 Å².